The summed E-state index contributed by atoms with van der Waals surface area (Å²) in [5.74, 6) is 0.216. The number of carbonyl (C=O) groups excluding carboxylic acids is 2. The van der Waals surface area contributed by atoms with E-state index in [-0.39, 0.29) is 24.1 Å². The Hall–Kier alpha value is -2.63. The van der Waals surface area contributed by atoms with Gasteiger partial charge in [-0.1, -0.05) is 42.4 Å². The summed E-state index contributed by atoms with van der Waals surface area (Å²) in [5, 5.41) is 6.90. The third-order valence-corrected chi connectivity index (χ3v) is 4.83. The molecule has 1 aromatic heterocycles. The van der Waals surface area contributed by atoms with Gasteiger partial charge in [-0.25, -0.2) is 4.79 Å². The minimum atomic E-state index is -0.602. The lowest BCUT2D eigenvalue weighted by Crippen LogP contribution is -2.39. The minimum absolute atomic E-state index is 0.176. The van der Waals surface area contributed by atoms with Gasteiger partial charge in [0.1, 0.15) is 17.0 Å². The highest BCUT2D eigenvalue weighted by Crippen LogP contribution is 2.26. The van der Waals surface area contributed by atoms with Crippen molar-refractivity contribution < 1.29 is 18.8 Å². The second-order valence-corrected chi connectivity index (χ2v) is 6.93. The van der Waals surface area contributed by atoms with Crippen molar-refractivity contribution in [3.8, 4) is 11.3 Å². The van der Waals surface area contributed by atoms with E-state index in [0.717, 1.165) is 31.2 Å². The van der Waals surface area contributed by atoms with Crippen molar-refractivity contribution in [1.29, 1.82) is 0 Å². The summed E-state index contributed by atoms with van der Waals surface area (Å²) in [5.41, 5.74) is 1.45. The molecule has 1 heterocycles. The van der Waals surface area contributed by atoms with Crippen molar-refractivity contribution in [3.63, 3.8) is 0 Å². The summed E-state index contributed by atoms with van der Waals surface area (Å²) >= 11 is 0. The summed E-state index contributed by atoms with van der Waals surface area (Å²) in [6, 6.07) is 9.44. The van der Waals surface area contributed by atoms with Gasteiger partial charge >= 0.3 is 5.97 Å². The molecule has 0 unspecified atom stereocenters. The third-order valence-electron chi connectivity index (χ3n) is 4.83. The van der Waals surface area contributed by atoms with Crippen molar-refractivity contribution in [3.05, 3.63) is 41.7 Å². The number of amides is 1. The molecule has 0 atom stereocenters. The Morgan fingerprint density at radius 3 is 2.58 bits per heavy atom. The van der Waals surface area contributed by atoms with E-state index in [9.17, 15) is 9.59 Å². The van der Waals surface area contributed by atoms with Crippen molar-refractivity contribution in [1.82, 2.24) is 10.5 Å². The smallest absolute Gasteiger partial charge is 0.344 e. The average molecular weight is 356 g/mol. The molecule has 1 aliphatic carbocycles. The first-order chi connectivity index (χ1) is 12.5. The molecule has 0 radical (unpaired) electrons. The van der Waals surface area contributed by atoms with E-state index in [2.05, 4.69) is 17.4 Å². The maximum absolute atomic E-state index is 12.5. The van der Waals surface area contributed by atoms with Crippen molar-refractivity contribution in [2.75, 3.05) is 6.61 Å². The normalized spacial score (nSPS) is 19.8. The summed E-state index contributed by atoms with van der Waals surface area (Å²) in [7, 11) is 0. The molecule has 1 aromatic carbocycles. The number of hydrogen-bond acceptors (Lipinski definition) is 5. The largest absolute Gasteiger partial charge is 0.452 e. The highest BCUT2D eigenvalue weighted by Gasteiger charge is 2.24. The predicted molar refractivity (Wildman–Crippen MR) is 96.5 cm³/mol. The van der Waals surface area contributed by atoms with E-state index in [1.807, 2.05) is 30.3 Å². The molecule has 2 aromatic rings. The molecule has 1 aliphatic rings. The molecule has 138 valence electrons. The molecule has 1 N–H and O–H groups in total. The topological polar surface area (TPSA) is 81.4 Å². The molecule has 0 saturated heterocycles. The summed E-state index contributed by atoms with van der Waals surface area (Å²) in [6.45, 7) is 3.58. The van der Waals surface area contributed by atoms with Gasteiger partial charge in [-0.15, -0.1) is 0 Å². The number of nitrogens with zero attached hydrogens (tertiary/aromatic N) is 1. The zero-order chi connectivity index (χ0) is 18.5. The molecule has 26 heavy (non-hydrogen) atoms. The number of aryl methyl sites for hydroxylation is 1. The first-order valence-electron chi connectivity index (χ1n) is 9.02. The van der Waals surface area contributed by atoms with E-state index in [1.165, 1.54) is 0 Å². The maximum Gasteiger partial charge on any atom is 0.344 e. The van der Waals surface area contributed by atoms with Crippen LogP contribution < -0.4 is 5.32 Å². The number of rotatable bonds is 5. The number of esters is 1. The third kappa shape index (κ3) is 4.31. The Balaban J connectivity index is 1.59. The SMILES string of the molecule is Cc1onc(-c2ccccc2)c1C(=O)OCC(=O)NC1CCC(C)CC1. The molecular weight excluding hydrogens is 332 g/mol. The summed E-state index contributed by atoms with van der Waals surface area (Å²) < 4.78 is 10.4. The van der Waals surface area contributed by atoms with Crippen molar-refractivity contribution in [2.24, 2.45) is 5.92 Å². The maximum atomic E-state index is 12.5. The van der Waals surface area contributed by atoms with Gasteiger partial charge in [0.05, 0.1) is 0 Å². The van der Waals surface area contributed by atoms with Crippen LogP contribution in [0.5, 0.6) is 0 Å². The lowest BCUT2D eigenvalue weighted by Gasteiger charge is -2.26. The molecule has 0 bridgehead atoms. The fourth-order valence-electron chi connectivity index (χ4n) is 3.28. The van der Waals surface area contributed by atoms with E-state index < -0.39 is 5.97 Å². The van der Waals surface area contributed by atoms with E-state index in [4.69, 9.17) is 9.26 Å². The van der Waals surface area contributed by atoms with Crippen LogP contribution in [-0.2, 0) is 9.53 Å². The fraction of sp³-hybridized carbons (Fsp3) is 0.450. The lowest BCUT2D eigenvalue weighted by atomic mass is 9.87. The van der Waals surface area contributed by atoms with Gasteiger partial charge in [-0.2, -0.15) is 0 Å². The van der Waals surface area contributed by atoms with Gasteiger partial charge in [0.25, 0.3) is 5.91 Å². The molecular formula is C20H24N2O4. The van der Waals surface area contributed by atoms with Gasteiger partial charge in [0.2, 0.25) is 0 Å². The molecule has 1 fully saturated rings. The van der Waals surface area contributed by atoms with Crippen LogP contribution in [0.3, 0.4) is 0 Å². The van der Waals surface area contributed by atoms with Crippen LogP contribution >= 0.6 is 0 Å². The van der Waals surface area contributed by atoms with Crippen LogP contribution in [0.1, 0.15) is 48.7 Å². The molecule has 6 heteroatoms. The second-order valence-electron chi connectivity index (χ2n) is 6.93. The van der Waals surface area contributed by atoms with Crippen LogP contribution in [0.15, 0.2) is 34.9 Å². The van der Waals surface area contributed by atoms with Crippen LogP contribution in [0, 0.1) is 12.8 Å². The summed E-state index contributed by atoms with van der Waals surface area (Å²) in [6.07, 6.45) is 4.18. The lowest BCUT2D eigenvalue weighted by molar-refractivity contribution is -0.125. The Bertz CT molecular complexity index is 761. The standard InChI is InChI=1S/C20H24N2O4/c1-13-8-10-16(11-9-13)21-17(23)12-25-20(24)18-14(2)26-22-19(18)15-6-4-3-5-7-15/h3-7,13,16H,8-12H2,1-2H3,(H,21,23). The van der Waals surface area contributed by atoms with Crippen molar-refractivity contribution >= 4 is 11.9 Å². The van der Waals surface area contributed by atoms with E-state index in [1.54, 1.807) is 6.92 Å². The van der Waals surface area contributed by atoms with E-state index in [0.29, 0.717) is 17.4 Å². The highest BCUT2D eigenvalue weighted by molar-refractivity contribution is 5.98. The number of hydrogen-bond donors (Lipinski definition) is 1. The number of benzene rings is 1. The van der Waals surface area contributed by atoms with Crippen LogP contribution in [0.2, 0.25) is 0 Å². The van der Waals surface area contributed by atoms with Gasteiger partial charge in [0.15, 0.2) is 6.61 Å². The zero-order valence-electron chi connectivity index (χ0n) is 15.2. The molecule has 6 nitrogen and oxygen atoms in total. The van der Waals surface area contributed by atoms with Crippen molar-refractivity contribution in [2.45, 2.75) is 45.6 Å². The Morgan fingerprint density at radius 1 is 1.19 bits per heavy atom. The van der Waals surface area contributed by atoms with Crippen LogP contribution in [0.4, 0.5) is 0 Å². The fourth-order valence-corrected chi connectivity index (χ4v) is 3.28. The van der Waals surface area contributed by atoms with E-state index >= 15 is 0 Å². The first-order valence-corrected chi connectivity index (χ1v) is 9.02. The monoisotopic (exact) mass is 356 g/mol. The van der Waals surface area contributed by atoms with Crippen LogP contribution in [0.25, 0.3) is 11.3 Å². The summed E-state index contributed by atoms with van der Waals surface area (Å²) in [4.78, 5) is 24.5. The molecule has 0 aliphatic heterocycles. The Labute approximate surface area is 152 Å². The first kappa shape index (κ1) is 18.2. The quantitative estimate of drug-likeness (QED) is 0.829. The number of aromatic nitrogens is 1. The number of nitrogens with one attached hydrogen (secondary N) is 1. The van der Waals surface area contributed by atoms with Gasteiger partial charge in [-0.05, 0) is 38.5 Å². The minimum Gasteiger partial charge on any atom is -0.452 e. The molecule has 0 spiro atoms. The zero-order valence-corrected chi connectivity index (χ0v) is 15.2. The van der Waals surface area contributed by atoms with Crippen LogP contribution in [-0.4, -0.2) is 29.7 Å². The molecule has 3 rings (SSSR count). The number of ether oxygens (including phenoxy) is 1. The predicted octanol–water partition coefficient (Wildman–Crippen LogP) is 3.50. The highest BCUT2D eigenvalue weighted by atomic mass is 16.5. The van der Waals surface area contributed by atoms with Gasteiger partial charge < -0.3 is 14.6 Å². The molecule has 1 amide bonds. The Kier molecular flexibility index (Phi) is 5.71. The number of carbonyl (C=O) groups is 2. The molecule has 1 saturated carbocycles. The Morgan fingerprint density at radius 2 is 1.88 bits per heavy atom. The second kappa shape index (κ2) is 8.17. The van der Waals surface area contributed by atoms with Gasteiger partial charge in [-0.3, -0.25) is 4.79 Å². The van der Waals surface area contributed by atoms with Gasteiger partial charge in [0, 0.05) is 11.6 Å². The average Bonchev–Trinajstić information content (AvgIpc) is 3.04.